The van der Waals surface area contributed by atoms with E-state index in [4.69, 9.17) is 15.6 Å². The van der Waals surface area contributed by atoms with Crippen LogP contribution in [0.1, 0.15) is 25.0 Å². The fourth-order valence-corrected chi connectivity index (χ4v) is 2.18. The molecule has 1 aromatic carbocycles. The van der Waals surface area contributed by atoms with Gasteiger partial charge in [0.1, 0.15) is 18.9 Å². The van der Waals surface area contributed by atoms with Gasteiger partial charge >= 0.3 is 19.4 Å². The van der Waals surface area contributed by atoms with Gasteiger partial charge in [-0.1, -0.05) is 38.1 Å². The normalized spacial score (nSPS) is 12.1. The van der Waals surface area contributed by atoms with Gasteiger partial charge in [0.05, 0.1) is 13.1 Å². The van der Waals surface area contributed by atoms with Crippen LogP contribution in [0.15, 0.2) is 43.0 Å². The molecule has 192 valence electrons. The number of nitrogens with zero attached hydrogens (tertiary/aromatic N) is 2. The number of nitrogens with two attached hydrogens (primary N) is 1. The average Bonchev–Trinajstić information content (AvgIpc) is 3.09. The number of nitrogens with one attached hydrogen (secondary N) is 1. The molecule has 2 aromatic rings. The molecule has 0 aliphatic rings. The van der Waals surface area contributed by atoms with Gasteiger partial charge in [-0.3, -0.25) is 4.79 Å². The van der Waals surface area contributed by atoms with Crippen LogP contribution in [0.4, 0.5) is 30.4 Å². The number of carbonyl (C=O) groups is 2. The van der Waals surface area contributed by atoms with Crippen molar-refractivity contribution in [3.8, 4) is 0 Å². The molecule has 15 heteroatoms. The van der Waals surface area contributed by atoms with Crippen molar-refractivity contribution in [3.63, 3.8) is 0 Å². The molecule has 0 spiro atoms. The molecular formula is C19H26BF7N4O3. The third kappa shape index (κ3) is 14.9. The van der Waals surface area contributed by atoms with Gasteiger partial charge in [0.25, 0.3) is 0 Å². The average molecular weight is 502 g/mol. The van der Waals surface area contributed by atoms with E-state index in [2.05, 4.69) is 22.0 Å². The van der Waals surface area contributed by atoms with Crippen molar-refractivity contribution in [1.82, 2.24) is 9.88 Å². The molecule has 0 saturated heterocycles. The number of carboxylic acids is 1. The van der Waals surface area contributed by atoms with Crippen LogP contribution >= 0.6 is 0 Å². The number of rotatable bonds is 6. The summed E-state index contributed by atoms with van der Waals surface area (Å²) >= 11 is 0. The zero-order chi connectivity index (χ0) is 26.7. The highest BCUT2D eigenvalue weighted by atomic mass is 19.5. The first-order chi connectivity index (χ1) is 15.4. The maximum absolute atomic E-state index is 11.8. The summed E-state index contributed by atoms with van der Waals surface area (Å²) in [5.74, 6) is -2.71. The van der Waals surface area contributed by atoms with E-state index in [-0.39, 0.29) is 11.8 Å². The van der Waals surface area contributed by atoms with E-state index in [1.807, 2.05) is 56.3 Å². The highest BCUT2D eigenvalue weighted by Crippen LogP contribution is 2.13. The van der Waals surface area contributed by atoms with Crippen molar-refractivity contribution in [2.24, 2.45) is 18.7 Å². The van der Waals surface area contributed by atoms with Gasteiger partial charge < -0.3 is 33.4 Å². The van der Waals surface area contributed by atoms with Gasteiger partial charge in [-0.2, -0.15) is 13.2 Å². The van der Waals surface area contributed by atoms with Crippen LogP contribution in [-0.2, 0) is 29.7 Å². The standard InChI is InChI=1S/C17H24N4O.C2HF3O2.BF4/c1-13(2)16(18)17(22)19-10-14-4-6-15(7-5-14)11-21-9-8-20(3)12-21;3-2(4,5)1(6)7;2-1(3,4)5/h4-9,12-13,16H,10-11,18H2,1-3H3;(H,6,7);/q;;-1/p+1/t16-;;/m0../s1. The molecule has 1 heterocycles. The van der Waals surface area contributed by atoms with Crippen molar-refractivity contribution in [2.75, 3.05) is 0 Å². The Balaban J connectivity index is 0.000000751. The fourth-order valence-electron chi connectivity index (χ4n) is 2.18. The molecule has 0 unspecified atom stereocenters. The molecule has 7 nitrogen and oxygen atoms in total. The maximum atomic E-state index is 11.8. The first-order valence-corrected chi connectivity index (χ1v) is 9.69. The number of hydrogen-bond acceptors (Lipinski definition) is 3. The lowest BCUT2D eigenvalue weighted by Crippen LogP contribution is -2.43. The third-order valence-electron chi connectivity index (χ3n) is 3.94. The van der Waals surface area contributed by atoms with E-state index in [0.717, 1.165) is 12.1 Å². The minimum absolute atomic E-state index is 0.0982. The molecule has 4 N–H and O–H groups in total. The monoisotopic (exact) mass is 502 g/mol. The predicted molar refractivity (Wildman–Crippen MR) is 110 cm³/mol. The number of aliphatic carboxylic acids is 1. The van der Waals surface area contributed by atoms with Crippen molar-refractivity contribution in [3.05, 3.63) is 54.1 Å². The van der Waals surface area contributed by atoms with Crippen LogP contribution in [0.2, 0.25) is 0 Å². The number of hydrogen-bond donors (Lipinski definition) is 3. The Kier molecular flexibility index (Phi) is 12.3. The number of aromatic nitrogens is 2. The van der Waals surface area contributed by atoms with Gasteiger partial charge in [0.15, 0.2) is 0 Å². The van der Waals surface area contributed by atoms with Crippen LogP contribution in [0.3, 0.4) is 0 Å². The van der Waals surface area contributed by atoms with E-state index in [0.29, 0.717) is 6.54 Å². The first-order valence-electron chi connectivity index (χ1n) is 9.69. The van der Waals surface area contributed by atoms with Crippen LogP contribution in [0, 0.1) is 5.92 Å². The van der Waals surface area contributed by atoms with Crippen molar-refractivity contribution in [2.45, 2.75) is 39.2 Å². The molecule has 1 aromatic heterocycles. The Hall–Kier alpha value is -3.10. The number of benzene rings is 1. The van der Waals surface area contributed by atoms with E-state index in [1.54, 1.807) is 0 Å². The summed E-state index contributed by atoms with van der Waals surface area (Å²) in [5, 5.41) is 10.0. The van der Waals surface area contributed by atoms with Crippen LogP contribution in [0.5, 0.6) is 0 Å². The van der Waals surface area contributed by atoms with Crippen molar-refractivity contribution in [1.29, 1.82) is 0 Å². The van der Waals surface area contributed by atoms with Gasteiger partial charge in [-0.25, -0.2) is 13.9 Å². The lowest BCUT2D eigenvalue weighted by molar-refractivity contribution is -0.671. The Morgan fingerprint density at radius 1 is 1.12 bits per heavy atom. The molecule has 1 amide bonds. The van der Waals surface area contributed by atoms with Crippen molar-refractivity contribution >= 4 is 19.1 Å². The molecule has 1 atom stereocenters. The lowest BCUT2D eigenvalue weighted by atomic mass is 10.0. The lowest BCUT2D eigenvalue weighted by Gasteiger charge is -2.15. The SMILES string of the molecule is CC(C)[C@H](N)C(=O)NCc1ccc(Cn2cc[n+](C)c2)cc1.F[B-](F)(F)F.O=C(O)C(F)(F)F. The minimum atomic E-state index is -6.00. The van der Waals surface area contributed by atoms with E-state index < -0.39 is 25.4 Å². The predicted octanol–water partition coefficient (Wildman–Crippen LogP) is 2.89. The number of carbonyl (C=O) groups excluding carboxylic acids is 1. The van der Waals surface area contributed by atoms with E-state index >= 15 is 0 Å². The summed E-state index contributed by atoms with van der Waals surface area (Å²) < 4.78 is 74.9. The van der Waals surface area contributed by atoms with E-state index in [1.165, 1.54) is 5.56 Å². The Morgan fingerprint density at radius 2 is 1.56 bits per heavy atom. The highest BCUT2D eigenvalue weighted by Gasteiger charge is 2.38. The molecule has 2 rings (SSSR count). The highest BCUT2D eigenvalue weighted by molar-refractivity contribution is 6.50. The number of halogens is 7. The summed E-state index contributed by atoms with van der Waals surface area (Å²) in [7, 11) is -4.00. The summed E-state index contributed by atoms with van der Waals surface area (Å²) in [6.07, 6.45) is 1.02. The second-order valence-corrected chi connectivity index (χ2v) is 7.35. The number of amides is 1. The second-order valence-electron chi connectivity index (χ2n) is 7.35. The summed E-state index contributed by atoms with van der Waals surface area (Å²) in [6, 6.07) is 7.81. The maximum Gasteiger partial charge on any atom is 0.673 e. The summed E-state index contributed by atoms with van der Waals surface area (Å²) in [5.41, 5.74) is 8.12. The van der Waals surface area contributed by atoms with Gasteiger partial charge in [-0.15, -0.1) is 0 Å². The zero-order valence-electron chi connectivity index (χ0n) is 18.6. The molecule has 0 fully saturated rings. The zero-order valence-corrected chi connectivity index (χ0v) is 18.6. The Morgan fingerprint density at radius 3 is 1.91 bits per heavy atom. The quantitative estimate of drug-likeness (QED) is 0.321. The summed E-state index contributed by atoms with van der Waals surface area (Å²) in [4.78, 5) is 20.7. The molecule has 0 radical (unpaired) electrons. The van der Waals surface area contributed by atoms with Gasteiger partial charge in [-0.05, 0) is 17.0 Å². The van der Waals surface area contributed by atoms with Crippen LogP contribution < -0.4 is 15.6 Å². The molecule has 0 bridgehead atoms. The smallest absolute Gasteiger partial charge is 0.475 e. The Labute approximate surface area is 191 Å². The molecule has 0 aliphatic heterocycles. The van der Waals surface area contributed by atoms with Gasteiger partial charge in [0, 0.05) is 6.54 Å². The van der Waals surface area contributed by atoms with Crippen LogP contribution in [-0.4, -0.2) is 41.0 Å². The number of alkyl halides is 3. The number of aryl methyl sites for hydroxylation is 1. The molecule has 0 saturated carbocycles. The molecule has 34 heavy (non-hydrogen) atoms. The van der Waals surface area contributed by atoms with Gasteiger partial charge in [0.2, 0.25) is 12.2 Å². The fraction of sp³-hybridized carbons (Fsp3) is 0.421. The second kappa shape index (κ2) is 13.6. The summed E-state index contributed by atoms with van der Waals surface area (Å²) in [6.45, 7) is 5.24. The Bertz CT molecular complexity index is 895. The molecule has 0 aliphatic carbocycles. The number of carboxylic acid groups (broad SMARTS) is 1. The largest absolute Gasteiger partial charge is 0.673 e. The van der Waals surface area contributed by atoms with Crippen LogP contribution in [0.25, 0.3) is 0 Å². The van der Waals surface area contributed by atoms with E-state index in [9.17, 15) is 35.2 Å². The molecular weight excluding hydrogens is 476 g/mol. The topological polar surface area (TPSA) is 101 Å². The third-order valence-corrected chi connectivity index (χ3v) is 3.94. The number of imidazole rings is 1. The first kappa shape index (κ1) is 30.9. The van der Waals surface area contributed by atoms with Crippen molar-refractivity contribution < 1.29 is 49.7 Å². The minimum Gasteiger partial charge on any atom is -0.475 e.